The lowest BCUT2D eigenvalue weighted by atomic mass is 10.3. The van der Waals surface area contributed by atoms with Gasteiger partial charge in [-0.25, -0.2) is 14.3 Å². The minimum Gasteiger partial charge on any atom is -0.462 e. The number of halogens is 1. The highest BCUT2D eigenvalue weighted by atomic mass is 35.5. The molecule has 0 aliphatic heterocycles. The maximum atomic E-state index is 11.5. The summed E-state index contributed by atoms with van der Waals surface area (Å²) in [5.41, 5.74) is 1.49. The van der Waals surface area contributed by atoms with Crippen molar-refractivity contribution in [3.05, 3.63) is 28.7 Å². The van der Waals surface area contributed by atoms with E-state index in [0.29, 0.717) is 12.3 Å². The van der Waals surface area contributed by atoms with E-state index in [9.17, 15) is 4.79 Å². The molecule has 6 heteroatoms. The quantitative estimate of drug-likeness (QED) is 0.751. The van der Waals surface area contributed by atoms with Crippen LogP contribution in [0.3, 0.4) is 0 Å². The van der Waals surface area contributed by atoms with E-state index in [4.69, 9.17) is 16.3 Å². The molecule has 0 aliphatic carbocycles. The van der Waals surface area contributed by atoms with Crippen LogP contribution in [-0.4, -0.2) is 27.2 Å². The first kappa shape index (κ1) is 10.9. The average molecular weight is 240 g/mol. The van der Waals surface area contributed by atoms with Gasteiger partial charge in [0.2, 0.25) is 0 Å². The standard InChI is InChI=1S/C10H10ClN3O2/c1-3-16-10(15)7-4-12-14-5-6(2)13-9(14)8(7)11/h4-5H,3H2,1-2H3. The number of aryl methyl sites for hydroxylation is 1. The second kappa shape index (κ2) is 4.09. The maximum absolute atomic E-state index is 11.5. The molecule has 0 amide bonds. The molecule has 0 unspecified atom stereocenters. The van der Waals surface area contributed by atoms with Gasteiger partial charge < -0.3 is 4.74 Å². The first-order valence-corrected chi connectivity index (χ1v) is 5.19. The lowest BCUT2D eigenvalue weighted by Gasteiger charge is -2.03. The van der Waals surface area contributed by atoms with Gasteiger partial charge in [0.1, 0.15) is 10.6 Å². The number of hydrogen-bond donors (Lipinski definition) is 0. The molecule has 0 saturated carbocycles. The summed E-state index contributed by atoms with van der Waals surface area (Å²) >= 11 is 6.06. The summed E-state index contributed by atoms with van der Waals surface area (Å²) < 4.78 is 6.39. The third-order valence-electron chi connectivity index (χ3n) is 2.05. The molecular formula is C10H10ClN3O2. The van der Waals surface area contributed by atoms with Crippen molar-refractivity contribution in [3.8, 4) is 0 Å². The van der Waals surface area contributed by atoms with E-state index in [-0.39, 0.29) is 10.6 Å². The molecule has 0 saturated heterocycles. The molecule has 16 heavy (non-hydrogen) atoms. The summed E-state index contributed by atoms with van der Waals surface area (Å²) in [5.74, 6) is -0.483. The zero-order valence-corrected chi connectivity index (χ0v) is 9.65. The predicted molar refractivity (Wildman–Crippen MR) is 58.7 cm³/mol. The molecule has 0 fully saturated rings. The Morgan fingerprint density at radius 1 is 1.62 bits per heavy atom. The second-order valence-corrected chi connectivity index (χ2v) is 3.62. The number of aromatic nitrogens is 3. The first-order valence-electron chi connectivity index (χ1n) is 4.81. The number of ether oxygens (including phenoxy) is 1. The van der Waals surface area contributed by atoms with Gasteiger partial charge in [0, 0.05) is 0 Å². The second-order valence-electron chi connectivity index (χ2n) is 3.24. The molecule has 2 rings (SSSR count). The minimum absolute atomic E-state index is 0.238. The number of nitrogens with zero attached hydrogens (tertiary/aromatic N) is 3. The van der Waals surface area contributed by atoms with Crippen LogP contribution in [0.4, 0.5) is 0 Å². The summed E-state index contributed by atoms with van der Waals surface area (Å²) in [6.45, 7) is 3.86. The van der Waals surface area contributed by atoms with E-state index in [1.54, 1.807) is 13.1 Å². The Morgan fingerprint density at radius 2 is 2.38 bits per heavy atom. The monoisotopic (exact) mass is 239 g/mol. The number of imidazole rings is 1. The van der Waals surface area contributed by atoms with Crippen molar-refractivity contribution in [1.29, 1.82) is 0 Å². The summed E-state index contributed by atoms with van der Waals surface area (Å²) in [7, 11) is 0. The molecule has 2 heterocycles. The molecule has 0 bridgehead atoms. The van der Waals surface area contributed by atoms with E-state index in [0.717, 1.165) is 5.69 Å². The van der Waals surface area contributed by atoms with E-state index >= 15 is 0 Å². The lowest BCUT2D eigenvalue weighted by molar-refractivity contribution is 0.0526. The normalized spacial score (nSPS) is 10.7. The molecule has 0 N–H and O–H groups in total. The van der Waals surface area contributed by atoms with Crippen LogP contribution in [0.2, 0.25) is 5.02 Å². The van der Waals surface area contributed by atoms with Gasteiger partial charge in [0.05, 0.1) is 24.7 Å². The third kappa shape index (κ3) is 1.74. The van der Waals surface area contributed by atoms with Gasteiger partial charge in [-0.15, -0.1) is 0 Å². The van der Waals surface area contributed by atoms with Crippen LogP contribution in [0, 0.1) is 6.92 Å². The lowest BCUT2D eigenvalue weighted by Crippen LogP contribution is -2.07. The number of fused-ring (bicyclic) bond motifs is 1. The predicted octanol–water partition coefficient (Wildman–Crippen LogP) is 1.87. The van der Waals surface area contributed by atoms with E-state index in [1.165, 1.54) is 10.7 Å². The van der Waals surface area contributed by atoms with Crippen molar-refractivity contribution in [2.45, 2.75) is 13.8 Å². The van der Waals surface area contributed by atoms with Crippen LogP contribution in [0.15, 0.2) is 12.4 Å². The number of rotatable bonds is 2. The fourth-order valence-corrected chi connectivity index (χ4v) is 1.63. The molecule has 5 nitrogen and oxygen atoms in total. The zero-order chi connectivity index (χ0) is 11.7. The Bertz CT molecular complexity index is 550. The number of carbonyl (C=O) groups is 1. The summed E-state index contributed by atoms with van der Waals surface area (Å²) in [4.78, 5) is 15.7. The maximum Gasteiger partial charge on any atom is 0.341 e. The minimum atomic E-state index is -0.483. The van der Waals surface area contributed by atoms with Crippen LogP contribution < -0.4 is 0 Å². The van der Waals surface area contributed by atoms with Gasteiger partial charge in [0.25, 0.3) is 0 Å². The SMILES string of the molecule is CCOC(=O)c1cnn2cc(C)nc2c1Cl. The van der Waals surface area contributed by atoms with Gasteiger partial charge in [-0.05, 0) is 13.8 Å². The van der Waals surface area contributed by atoms with Crippen LogP contribution in [0.5, 0.6) is 0 Å². The average Bonchev–Trinajstić information content (AvgIpc) is 2.60. The third-order valence-corrected chi connectivity index (χ3v) is 2.42. The summed E-state index contributed by atoms with van der Waals surface area (Å²) in [5, 5.41) is 4.30. The Kier molecular flexibility index (Phi) is 2.78. The smallest absolute Gasteiger partial charge is 0.341 e. The van der Waals surface area contributed by atoms with Crippen LogP contribution in [-0.2, 0) is 4.74 Å². The first-order chi connectivity index (χ1) is 7.63. The van der Waals surface area contributed by atoms with Crippen LogP contribution in [0.1, 0.15) is 23.0 Å². The molecule has 84 valence electrons. The molecule has 0 radical (unpaired) electrons. The highest BCUT2D eigenvalue weighted by molar-refractivity contribution is 6.36. The molecule has 0 spiro atoms. The Hall–Kier alpha value is -1.62. The number of esters is 1. The molecule has 0 atom stereocenters. The van der Waals surface area contributed by atoms with Crippen LogP contribution in [0.25, 0.3) is 5.65 Å². The molecule has 2 aromatic heterocycles. The molecule has 2 aromatic rings. The van der Waals surface area contributed by atoms with Crippen molar-refractivity contribution in [1.82, 2.24) is 14.6 Å². The van der Waals surface area contributed by atoms with Gasteiger partial charge in [-0.1, -0.05) is 11.6 Å². The molecule has 0 aromatic carbocycles. The molecule has 0 aliphatic rings. The van der Waals surface area contributed by atoms with E-state index in [1.807, 2.05) is 6.92 Å². The zero-order valence-electron chi connectivity index (χ0n) is 8.90. The summed E-state index contributed by atoms with van der Waals surface area (Å²) in [6, 6.07) is 0. The highest BCUT2D eigenvalue weighted by Gasteiger charge is 2.16. The Labute approximate surface area is 97.0 Å². The fraction of sp³-hybridized carbons (Fsp3) is 0.300. The summed E-state index contributed by atoms with van der Waals surface area (Å²) in [6.07, 6.45) is 3.12. The Balaban J connectivity index is 2.55. The van der Waals surface area contributed by atoms with Crippen molar-refractivity contribution < 1.29 is 9.53 Å². The Morgan fingerprint density at radius 3 is 3.06 bits per heavy atom. The van der Waals surface area contributed by atoms with Gasteiger partial charge in [-0.3, -0.25) is 0 Å². The van der Waals surface area contributed by atoms with E-state index in [2.05, 4.69) is 10.1 Å². The van der Waals surface area contributed by atoms with Gasteiger partial charge in [-0.2, -0.15) is 5.10 Å². The van der Waals surface area contributed by atoms with Gasteiger partial charge in [0.15, 0.2) is 5.65 Å². The van der Waals surface area contributed by atoms with Gasteiger partial charge >= 0.3 is 5.97 Å². The highest BCUT2D eigenvalue weighted by Crippen LogP contribution is 2.21. The van der Waals surface area contributed by atoms with Crippen molar-refractivity contribution >= 4 is 23.2 Å². The fourth-order valence-electron chi connectivity index (χ4n) is 1.37. The van der Waals surface area contributed by atoms with Crippen LogP contribution >= 0.6 is 11.6 Å². The topological polar surface area (TPSA) is 56.5 Å². The van der Waals surface area contributed by atoms with Crippen molar-refractivity contribution in [2.75, 3.05) is 6.61 Å². The molecular weight excluding hydrogens is 230 g/mol. The number of carbonyl (C=O) groups excluding carboxylic acids is 1. The van der Waals surface area contributed by atoms with Crippen molar-refractivity contribution in [3.63, 3.8) is 0 Å². The largest absolute Gasteiger partial charge is 0.462 e. The van der Waals surface area contributed by atoms with E-state index < -0.39 is 5.97 Å². The van der Waals surface area contributed by atoms with Crippen molar-refractivity contribution in [2.24, 2.45) is 0 Å². The number of hydrogen-bond acceptors (Lipinski definition) is 4.